The summed E-state index contributed by atoms with van der Waals surface area (Å²) in [6.45, 7) is 0. The molecule has 0 bridgehead atoms. The number of amides is 1. The number of phenols is 1. The first-order valence-corrected chi connectivity index (χ1v) is 5.95. The molecule has 1 aromatic heterocycles. The minimum Gasteiger partial charge on any atom is -0.506 e. The van der Waals surface area contributed by atoms with E-state index in [0.717, 1.165) is 5.56 Å². The highest BCUT2D eigenvalue weighted by Gasteiger charge is 2.09. The quantitative estimate of drug-likeness (QED) is 0.873. The number of rotatable bonds is 3. The number of carbonyl (C=O) groups is 1. The van der Waals surface area contributed by atoms with Gasteiger partial charge in [0.2, 0.25) is 0 Å². The van der Waals surface area contributed by atoms with Crippen molar-refractivity contribution >= 4 is 29.4 Å². The molecule has 86 valence electrons. The molecule has 0 atom stereocenters. The van der Waals surface area contributed by atoms with Crippen molar-refractivity contribution in [2.45, 2.75) is 0 Å². The van der Waals surface area contributed by atoms with Crippen LogP contribution in [0, 0.1) is 0 Å². The van der Waals surface area contributed by atoms with Crippen LogP contribution < -0.4 is 5.73 Å². The fourth-order valence-electron chi connectivity index (χ4n) is 1.45. The van der Waals surface area contributed by atoms with Crippen molar-refractivity contribution in [2.75, 3.05) is 0 Å². The lowest BCUT2D eigenvalue weighted by Crippen LogP contribution is -2.11. The molecule has 0 unspecified atom stereocenters. The Labute approximate surface area is 103 Å². The van der Waals surface area contributed by atoms with Gasteiger partial charge in [0.25, 0.3) is 5.91 Å². The predicted molar refractivity (Wildman–Crippen MR) is 69.9 cm³/mol. The number of hydrogen-bond acceptors (Lipinski definition) is 3. The van der Waals surface area contributed by atoms with Gasteiger partial charge in [0.15, 0.2) is 0 Å². The maximum absolute atomic E-state index is 11.0. The van der Waals surface area contributed by atoms with E-state index in [9.17, 15) is 9.90 Å². The average molecular weight is 245 g/mol. The lowest BCUT2D eigenvalue weighted by Gasteiger charge is -2.03. The SMILES string of the molecule is NC(=O)c1cccc(/C=C/c2ccsc2)c1O. The number of primary amides is 1. The van der Waals surface area contributed by atoms with E-state index in [1.165, 1.54) is 6.07 Å². The van der Waals surface area contributed by atoms with Crippen LogP contribution in [0.3, 0.4) is 0 Å². The van der Waals surface area contributed by atoms with Gasteiger partial charge in [-0.15, -0.1) is 0 Å². The first-order chi connectivity index (χ1) is 8.18. The molecule has 4 heteroatoms. The van der Waals surface area contributed by atoms with Crippen molar-refractivity contribution in [3.8, 4) is 5.75 Å². The van der Waals surface area contributed by atoms with Crippen LogP contribution in [-0.4, -0.2) is 11.0 Å². The molecule has 0 spiro atoms. The maximum Gasteiger partial charge on any atom is 0.252 e. The third-order valence-electron chi connectivity index (χ3n) is 2.33. The summed E-state index contributed by atoms with van der Waals surface area (Å²) < 4.78 is 0. The molecule has 1 heterocycles. The van der Waals surface area contributed by atoms with E-state index in [-0.39, 0.29) is 11.3 Å². The van der Waals surface area contributed by atoms with Crippen molar-refractivity contribution in [2.24, 2.45) is 5.73 Å². The van der Waals surface area contributed by atoms with E-state index in [0.29, 0.717) is 5.56 Å². The summed E-state index contributed by atoms with van der Waals surface area (Å²) in [6, 6.07) is 6.88. The second-order valence-electron chi connectivity index (χ2n) is 3.50. The summed E-state index contributed by atoms with van der Waals surface area (Å²) in [6.07, 6.45) is 3.63. The largest absolute Gasteiger partial charge is 0.506 e. The fraction of sp³-hybridized carbons (Fsp3) is 0. The smallest absolute Gasteiger partial charge is 0.252 e. The number of aromatic hydroxyl groups is 1. The summed E-state index contributed by atoms with van der Waals surface area (Å²) in [5.74, 6) is -0.709. The highest BCUT2D eigenvalue weighted by molar-refractivity contribution is 7.08. The normalized spacial score (nSPS) is 10.8. The number of benzene rings is 1. The zero-order chi connectivity index (χ0) is 12.3. The molecule has 0 radical (unpaired) electrons. The minimum atomic E-state index is -0.631. The van der Waals surface area contributed by atoms with Gasteiger partial charge in [-0.25, -0.2) is 0 Å². The van der Waals surface area contributed by atoms with E-state index >= 15 is 0 Å². The zero-order valence-corrected chi connectivity index (χ0v) is 9.78. The Morgan fingerprint density at radius 1 is 1.29 bits per heavy atom. The number of hydrogen-bond donors (Lipinski definition) is 2. The third-order valence-corrected chi connectivity index (χ3v) is 3.03. The van der Waals surface area contributed by atoms with Gasteiger partial charge in [0, 0.05) is 5.56 Å². The Hall–Kier alpha value is -2.07. The molecule has 0 aliphatic heterocycles. The van der Waals surface area contributed by atoms with Crippen LogP contribution in [-0.2, 0) is 0 Å². The highest BCUT2D eigenvalue weighted by atomic mass is 32.1. The standard InChI is InChI=1S/C13H11NO2S/c14-13(16)11-3-1-2-10(12(11)15)5-4-9-6-7-17-8-9/h1-8,15H,(H2,14,16)/b5-4+. The molecule has 3 nitrogen and oxygen atoms in total. The van der Waals surface area contributed by atoms with Crippen LogP contribution in [0.5, 0.6) is 5.75 Å². The molecule has 0 aliphatic rings. The Kier molecular flexibility index (Phi) is 3.25. The molecule has 0 saturated heterocycles. The Morgan fingerprint density at radius 3 is 2.76 bits per heavy atom. The van der Waals surface area contributed by atoms with Crippen LogP contribution in [0.4, 0.5) is 0 Å². The molecule has 0 saturated carbocycles. The third kappa shape index (κ3) is 2.54. The summed E-state index contributed by atoms with van der Waals surface area (Å²) >= 11 is 1.60. The highest BCUT2D eigenvalue weighted by Crippen LogP contribution is 2.24. The number of para-hydroxylation sites is 1. The van der Waals surface area contributed by atoms with E-state index in [1.807, 2.05) is 22.9 Å². The Morgan fingerprint density at radius 2 is 2.12 bits per heavy atom. The van der Waals surface area contributed by atoms with Crippen LogP contribution in [0.2, 0.25) is 0 Å². The lowest BCUT2D eigenvalue weighted by atomic mass is 10.1. The Bertz CT molecular complexity index is 559. The van der Waals surface area contributed by atoms with Gasteiger partial charge in [-0.3, -0.25) is 4.79 Å². The summed E-state index contributed by atoms with van der Waals surface area (Å²) in [5.41, 5.74) is 6.92. The molecule has 0 fully saturated rings. The topological polar surface area (TPSA) is 63.3 Å². The molecule has 0 aliphatic carbocycles. The molecule has 1 amide bonds. The van der Waals surface area contributed by atoms with E-state index < -0.39 is 5.91 Å². The zero-order valence-electron chi connectivity index (χ0n) is 8.96. The van der Waals surface area contributed by atoms with Gasteiger partial charge < -0.3 is 10.8 Å². The molecular formula is C13H11NO2S. The van der Waals surface area contributed by atoms with E-state index in [2.05, 4.69) is 0 Å². The van der Waals surface area contributed by atoms with Gasteiger partial charge in [-0.1, -0.05) is 24.3 Å². The van der Waals surface area contributed by atoms with Gasteiger partial charge >= 0.3 is 0 Å². The fourth-order valence-corrected chi connectivity index (χ4v) is 2.08. The second-order valence-corrected chi connectivity index (χ2v) is 4.28. The van der Waals surface area contributed by atoms with Gasteiger partial charge in [-0.2, -0.15) is 11.3 Å². The number of carbonyl (C=O) groups excluding carboxylic acids is 1. The van der Waals surface area contributed by atoms with Crippen molar-refractivity contribution in [3.63, 3.8) is 0 Å². The minimum absolute atomic E-state index is 0.0773. The molecule has 1 aromatic carbocycles. The second kappa shape index (κ2) is 4.84. The molecule has 17 heavy (non-hydrogen) atoms. The van der Waals surface area contributed by atoms with E-state index in [4.69, 9.17) is 5.73 Å². The average Bonchev–Trinajstić information content (AvgIpc) is 2.80. The van der Waals surface area contributed by atoms with Crippen LogP contribution in [0.25, 0.3) is 12.2 Å². The van der Waals surface area contributed by atoms with Gasteiger partial charge in [-0.05, 0) is 28.5 Å². The first kappa shape index (κ1) is 11.4. The maximum atomic E-state index is 11.0. The summed E-state index contributed by atoms with van der Waals surface area (Å²) in [5, 5.41) is 13.8. The van der Waals surface area contributed by atoms with Gasteiger partial charge in [0.05, 0.1) is 5.56 Å². The van der Waals surface area contributed by atoms with Crippen molar-refractivity contribution < 1.29 is 9.90 Å². The predicted octanol–water partition coefficient (Wildman–Crippen LogP) is 2.72. The monoisotopic (exact) mass is 245 g/mol. The van der Waals surface area contributed by atoms with E-state index in [1.54, 1.807) is 29.5 Å². The van der Waals surface area contributed by atoms with Crippen molar-refractivity contribution in [1.29, 1.82) is 0 Å². The van der Waals surface area contributed by atoms with Crippen molar-refractivity contribution in [1.82, 2.24) is 0 Å². The summed E-state index contributed by atoms with van der Waals surface area (Å²) in [7, 11) is 0. The molecule has 3 N–H and O–H groups in total. The summed E-state index contributed by atoms with van der Waals surface area (Å²) in [4.78, 5) is 11.0. The number of thiophene rings is 1. The Balaban J connectivity index is 2.34. The van der Waals surface area contributed by atoms with Crippen LogP contribution in [0.15, 0.2) is 35.0 Å². The molecular weight excluding hydrogens is 234 g/mol. The van der Waals surface area contributed by atoms with Crippen LogP contribution in [0.1, 0.15) is 21.5 Å². The number of nitrogens with two attached hydrogens (primary N) is 1. The molecule has 2 aromatic rings. The lowest BCUT2D eigenvalue weighted by molar-refractivity contribution is 0.0997. The van der Waals surface area contributed by atoms with Gasteiger partial charge in [0.1, 0.15) is 5.75 Å². The van der Waals surface area contributed by atoms with Crippen molar-refractivity contribution in [3.05, 3.63) is 51.7 Å². The molecule has 2 rings (SSSR count). The first-order valence-electron chi connectivity index (χ1n) is 5.00. The van der Waals surface area contributed by atoms with Crippen LogP contribution >= 0.6 is 11.3 Å².